The smallest absolute Gasteiger partial charge is 0.271 e. The molecule has 0 bridgehead atoms. The van der Waals surface area contributed by atoms with E-state index in [2.05, 4.69) is 25.8 Å². The first kappa shape index (κ1) is 13.0. The van der Waals surface area contributed by atoms with Crippen LogP contribution in [0.15, 0.2) is 24.7 Å². The Morgan fingerprint density at radius 1 is 1.42 bits per heavy atom. The van der Waals surface area contributed by atoms with E-state index in [9.17, 15) is 4.79 Å². The van der Waals surface area contributed by atoms with Crippen molar-refractivity contribution in [2.75, 3.05) is 12.0 Å². The van der Waals surface area contributed by atoms with Crippen LogP contribution in [0.5, 0.6) is 0 Å². The Morgan fingerprint density at radius 3 is 2.84 bits per heavy atom. The van der Waals surface area contributed by atoms with Crippen molar-refractivity contribution >= 4 is 11.7 Å². The molecule has 0 aromatic carbocycles. The molecule has 1 amide bonds. The van der Waals surface area contributed by atoms with Gasteiger partial charge in [-0.1, -0.05) is 0 Å². The van der Waals surface area contributed by atoms with E-state index >= 15 is 0 Å². The minimum atomic E-state index is -0.266. The van der Waals surface area contributed by atoms with Crippen LogP contribution in [0.2, 0.25) is 0 Å². The zero-order valence-electron chi connectivity index (χ0n) is 10.5. The molecule has 0 radical (unpaired) electrons. The number of nitrogen functional groups attached to an aromatic ring is 1. The van der Waals surface area contributed by atoms with E-state index in [1.807, 2.05) is 13.1 Å². The van der Waals surface area contributed by atoms with E-state index < -0.39 is 0 Å². The first-order valence-corrected chi connectivity index (χ1v) is 5.74. The van der Waals surface area contributed by atoms with E-state index in [-0.39, 0.29) is 11.6 Å². The van der Waals surface area contributed by atoms with Gasteiger partial charge in [0.25, 0.3) is 5.91 Å². The molecule has 2 aromatic rings. The van der Waals surface area contributed by atoms with Crippen LogP contribution in [0.25, 0.3) is 0 Å². The Kier molecular flexibility index (Phi) is 4.04. The predicted molar refractivity (Wildman–Crippen MR) is 69.1 cm³/mol. The summed E-state index contributed by atoms with van der Waals surface area (Å²) in [5.41, 5.74) is 3.65. The number of nitrogens with one attached hydrogen (secondary N) is 2. The quantitative estimate of drug-likeness (QED) is 0.493. The maximum atomic E-state index is 11.8. The van der Waals surface area contributed by atoms with Gasteiger partial charge in [-0.3, -0.25) is 9.48 Å². The summed E-state index contributed by atoms with van der Waals surface area (Å²) in [6.45, 7) is 0.511. The van der Waals surface area contributed by atoms with Gasteiger partial charge in [0.15, 0.2) is 5.82 Å². The lowest BCUT2D eigenvalue weighted by atomic mass is 10.3. The Bertz CT molecular complexity index is 548. The van der Waals surface area contributed by atoms with Crippen molar-refractivity contribution in [3.63, 3.8) is 0 Å². The highest BCUT2D eigenvalue weighted by atomic mass is 16.1. The predicted octanol–water partition coefficient (Wildman–Crippen LogP) is -0.532. The van der Waals surface area contributed by atoms with Gasteiger partial charge in [-0.25, -0.2) is 15.8 Å². The van der Waals surface area contributed by atoms with E-state index in [1.165, 1.54) is 12.4 Å². The van der Waals surface area contributed by atoms with Crippen LogP contribution in [-0.2, 0) is 13.5 Å². The number of nitrogens with two attached hydrogens (primary N) is 1. The molecule has 0 atom stereocenters. The SMILES string of the molecule is Cn1nccc1CCNC(=O)c1cnc(NN)cn1. The highest BCUT2D eigenvalue weighted by molar-refractivity contribution is 5.91. The molecule has 19 heavy (non-hydrogen) atoms. The molecule has 8 nitrogen and oxygen atoms in total. The molecule has 0 unspecified atom stereocenters. The standard InChI is InChI=1S/C11H15N7O/c1-18-8(3-5-16-18)2-4-13-11(19)9-6-15-10(17-12)7-14-9/h3,5-7H,2,4,12H2,1H3,(H,13,19)(H,15,17). The lowest BCUT2D eigenvalue weighted by molar-refractivity contribution is 0.0948. The average Bonchev–Trinajstić information content (AvgIpc) is 2.84. The number of carbonyl (C=O) groups excluding carboxylic acids is 1. The number of carbonyl (C=O) groups is 1. The van der Waals surface area contributed by atoms with Crippen LogP contribution in [0.1, 0.15) is 16.2 Å². The molecule has 4 N–H and O–H groups in total. The summed E-state index contributed by atoms with van der Waals surface area (Å²) >= 11 is 0. The molecule has 2 aromatic heterocycles. The van der Waals surface area contributed by atoms with Crippen molar-refractivity contribution in [1.82, 2.24) is 25.1 Å². The average molecular weight is 261 g/mol. The number of aryl methyl sites for hydroxylation is 1. The van der Waals surface area contributed by atoms with Gasteiger partial charge in [0.1, 0.15) is 5.69 Å². The molecule has 8 heteroatoms. The van der Waals surface area contributed by atoms with Gasteiger partial charge in [0, 0.05) is 31.9 Å². The lowest BCUT2D eigenvalue weighted by Crippen LogP contribution is -2.27. The maximum Gasteiger partial charge on any atom is 0.271 e. The Hall–Kier alpha value is -2.48. The van der Waals surface area contributed by atoms with Crippen LogP contribution in [0.3, 0.4) is 0 Å². The summed E-state index contributed by atoms with van der Waals surface area (Å²) < 4.78 is 1.77. The molecule has 2 rings (SSSR count). The topological polar surface area (TPSA) is 111 Å². The minimum absolute atomic E-state index is 0.254. The fraction of sp³-hybridized carbons (Fsp3) is 0.273. The zero-order chi connectivity index (χ0) is 13.7. The van der Waals surface area contributed by atoms with Crippen molar-refractivity contribution in [2.45, 2.75) is 6.42 Å². The van der Waals surface area contributed by atoms with Crippen molar-refractivity contribution in [2.24, 2.45) is 12.9 Å². The molecule has 0 fully saturated rings. The van der Waals surface area contributed by atoms with Crippen LogP contribution in [0, 0.1) is 0 Å². The number of aromatic nitrogens is 4. The fourth-order valence-electron chi connectivity index (χ4n) is 1.56. The summed E-state index contributed by atoms with van der Waals surface area (Å²) in [5.74, 6) is 5.31. The molecule has 0 spiro atoms. The molecule has 0 saturated carbocycles. The Morgan fingerprint density at radius 2 is 2.26 bits per heavy atom. The van der Waals surface area contributed by atoms with Gasteiger partial charge in [0.2, 0.25) is 0 Å². The number of hydrogen-bond acceptors (Lipinski definition) is 6. The first-order chi connectivity index (χ1) is 9.20. The van der Waals surface area contributed by atoms with Gasteiger partial charge in [-0.05, 0) is 6.07 Å². The highest BCUT2D eigenvalue weighted by Crippen LogP contribution is 1.99. The Labute approximate surface area is 110 Å². The first-order valence-electron chi connectivity index (χ1n) is 5.74. The fourth-order valence-corrected chi connectivity index (χ4v) is 1.56. The van der Waals surface area contributed by atoms with E-state index in [1.54, 1.807) is 10.9 Å². The second-order valence-electron chi connectivity index (χ2n) is 3.88. The summed E-state index contributed by atoms with van der Waals surface area (Å²) in [5, 5.41) is 6.82. The number of amides is 1. The zero-order valence-corrected chi connectivity index (χ0v) is 10.5. The van der Waals surface area contributed by atoms with Crippen LogP contribution < -0.4 is 16.6 Å². The van der Waals surface area contributed by atoms with Crippen LogP contribution >= 0.6 is 0 Å². The lowest BCUT2D eigenvalue weighted by Gasteiger charge is -2.05. The minimum Gasteiger partial charge on any atom is -0.350 e. The number of hydrogen-bond donors (Lipinski definition) is 3. The maximum absolute atomic E-state index is 11.8. The number of rotatable bonds is 5. The molecular formula is C11H15N7O. The third-order valence-corrected chi connectivity index (χ3v) is 2.62. The number of anilines is 1. The highest BCUT2D eigenvalue weighted by Gasteiger charge is 2.07. The van der Waals surface area contributed by atoms with Gasteiger partial charge in [-0.15, -0.1) is 0 Å². The van der Waals surface area contributed by atoms with Gasteiger partial charge >= 0.3 is 0 Å². The second-order valence-corrected chi connectivity index (χ2v) is 3.88. The summed E-state index contributed by atoms with van der Waals surface area (Å²) in [6.07, 6.45) is 5.20. The van der Waals surface area contributed by atoms with Crippen molar-refractivity contribution in [3.05, 3.63) is 36.0 Å². The third kappa shape index (κ3) is 3.26. The molecule has 0 saturated heterocycles. The summed E-state index contributed by atoms with van der Waals surface area (Å²) in [4.78, 5) is 19.6. The number of nitrogens with zero attached hydrogens (tertiary/aromatic N) is 4. The normalized spacial score (nSPS) is 10.2. The molecular weight excluding hydrogens is 246 g/mol. The van der Waals surface area contributed by atoms with Gasteiger partial charge < -0.3 is 10.7 Å². The second kappa shape index (κ2) is 5.91. The van der Waals surface area contributed by atoms with Gasteiger partial charge in [-0.2, -0.15) is 5.10 Å². The number of hydrazine groups is 1. The van der Waals surface area contributed by atoms with Crippen molar-refractivity contribution < 1.29 is 4.79 Å². The largest absolute Gasteiger partial charge is 0.350 e. The van der Waals surface area contributed by atoms with Crippen molar-refractivity contribution in [1.29, 1.82) is 0 Å². The third-order valence-electron chi connectivity index (χ3n) is 2.62. The van der Waals surface area contributed by atoms with E-state index in [0.717, 1.165) is 5.69 Å². The molecule has 0 aliphatic heterocycles. The van der Waals surface area contributed by atoms with Crippen LogP contribution in [-0.4, -0.2) is 32.2 Å². The molecule has 2 heterocycles. The van der Waals surface area contributed by atoms with Crippen molar-refractivity contribution in [3.8, 4) is 0 Å². The monoisotopic (exact) mass is 261 g/mol. The molecule has 0 aliphatic carbocycles. The van der Waals surface area contributed by atoms with Gasteiger partial charge in [0.05, 0.1) is 12.4 Å². The summed E-state index contributed by atoms with van der Waals surface area (Å²) in [7, 11) is 1.86. The van der Waals surface area contributed by atoms with Crippen LogP contribution in [0.4, 0.5) is 5.82 Å². The van der Waals surface area contributed by atoms with E-state index in [4.69, 9.17) is 5.84 Å². The molecule has 0 aliphatic rings. The van der Waals surface area contributed by atoms with E-state index in [0.29, 0.717) is 18.8 Å². The molecule has 100 valence electrons. The Balaban J connectivity index is 1.85. The summed E-state index contributed by atoms with van der Waals surface area (Å²) in [6, 6.07) is 1.91.